The van der Waals surface area contributed by atoms with Crippen molar-refractivity contribution in [1.29, 1.82) is 0 Å². The lowest BCUT2D eigenvalue weighted by atomic mass is 9.97. The normalized spacial score (nSPS) is 13.4. The van der Waals surface area contributed by atoms with Crippen LogP contribution in [-0.4, -0.2) is 83.5 Å². The second-order valence-corrected chi connectivity index (χ2v) is 11.3. The highest BCUT2D eigenvalue weighted by atomic mass is 16.5. The number of aliphatic carboxylic acids is 1. The van der Waals surface area contributed by atoms with Gasteiger partial charge in [0.05, 0.1) is 0 Å². The zero-order valence-corrected chi connectivity index (χ0v) is 25.0. The second kappa shape index (κ2) is 16.5. The molecule has 1 rings (SSSR count). The Morgan fingerprint density at radius 1 is 0.850 bits per heavy atom. The van der Waals surface area contributed by atoms with E-state index in [0.717, 1.165) is 10.5 Å². The van der Waals surface area contributed by atoms with E-state index in [1.54, 1.807) is 13.8 Å². The Bertz CT molecular complexity index is 997. The first-order chi connectivity index (χ1) is 18.6. The Morgan fingerprint density at radius 2 is 1.43 bits per heavy atom. The number of hydrogen-bond donors (Lipinski definition) is 3. The fraction of sp³-hybridized carbons (Fsp3) is 0.621. The molecule has 0 saturated heterocycles. The van der Waals surface area contributed by atoms with Crippen molar-refractivity contribution in [2.75, 3.05) is 20.6 Å². The van der Waals surface area contributed by atoms with E-state index in [4.69, 9.17) is 9.84 Å². The maximum atomic E-state index is 13.6. The zero-order chi connectivity index (χ0) is 30.6. The minimum absolute atomic E-state index is 0.0289. The highest BCUT2D eigenvalue weighted by Crippen LogP contribution is 2.17. The first kappa shape index (κ1) is 34.4. The molecule has 224 valence electrons. The number of nitrogens with one attached hydrogen (secondary N) is 2. The average Bonchev–Trinajstić information content (AvgIpc) is 2.87. The molecule has 3 N–H and O–H groups in total. The van der Waals surface area contributed by atoms with Crippen LogP contribution >= 0.6 is 0 Å². The van der Waals surface area contributed by atoms with Gasteiger partial charge in [-0.3, -0.25) is 19.2 Å². The van der Waals surface area contributed by atoms with E-state index in [1.165, 1.54) is 19.0 Å². The summed E-state index contributed by atoms with van der Waals surface area (Å²) in [6.07, 6.45) is -0.106. The number of carboxylic acids is 1. The van der Waals surface area contributed by atoms with Crippen molar-refractivity contribution in [3.05, 3.63) is 35.9 Å². The number of nitrogens with zero attached hydrogens (tertiary/aromatic N) is 2. The van der Waals surface area contributed by atoms with Gasteiger partial charge in [-0.25, -0.2) is 4.79 Å². The number of hydrogen-bond acceptors (Lipinski definition) is 6. The van der Waals surface area contributed by atoms with Crippen LogP contribution in [0.25, 0.3) is 0 Å². The van der Waals surface area contributed by atoms with Crippen LogP contribution in [0, 0.1) is 17.8 Å². The first-order valence-electron chi connectivity index (χ1n) is 13.6. The van der Waals surface area contributed by atoms with Crippen LogP contribution in [0.15, 0.2) is 30.3 Å². The molecule has 1 aromatic carbocycles. The highest BCUT2D eigenvalue weighted by molar-refractivity contribution is 5.94. The Kier molecular flexibility index (Phi) is 14.2. The molecule has 0 aliphatic heterocycles. The largest absolute Gasteiger partial charge is 0.480 e. The molecule has 1 aromatic rings. The number of ether oxygens (including phenoxy) is 1. The molecular formula is C29H46N4O7. The summed E-state index contributed by atoms with van der Waals surface area (Å²) in [7, 11) is 2.86. The molecule has 11 heteroatoms. The quantitative estimate of drug-likeness (QED) is 0.298. The number of carbonyl (C=O) groups excluding carboxylic acids is 4. The summed E-state index contributed by atoms with van der Waals surface area (Å²) in [5.41, 5.74) is 0.804. The Morgan fingerprint density at radius 3 is 1.93 bits per heavy atom. The molecule has 11 nitrogen and oxygen atoms in total. The summed E-state index contributed by atoms with van der Waals surface area (Å²) in [6, 6.07) is 6.32. The van der Waals surface area contributed by atoms with Crippen molar-refractivity contribution in [3.63, 3.8) is 0 Å². The molecule has 0 saturated carbocycles. The number of carbonyl (C=O) groups is 5. The van der Waals surface area contributed by atoms with Crippen LogP contribution < -0.4 is 10.6 Å². The van der Waals surface area contributed by atoms with Gasteiger partial charge in [-0.2, -0.15) is 0 Å². The maximum absolute atomic E-state index is 13.6. The lowest BCUT2D eigenvalue weighted by Gasteiger charge is -2.34. The number of amides is 4. The molecule has 0 fully saturated rings. The third-order valence-electron chi connectivity index (χ3n) is 6.30. The summed E-state index contributed by atoms with van der Waals surface area (Å²) in [4.78, 5) is 66.1. The first-order valence-corrected chi connectivity index (χ1v) is 13.6. The average molecular weight is 563 g/mol. The Balaban J connectivity index is 3.09. The molecule has 0 heterocycles. The van der Waals surface area contributed by atoms with E-state index in [9.17, 15) is 24.0 Å². The van der Waals surface area contributed by atoms with E-state index in [1.807, 2.05) is 58.0 Å². The lowest BCUT2D eigenvalue weighted by molar-refractivity contribution is -0.146. The van der Waals surface area contributed by atoms with Crippen LogP contribution in [-0.2, 0) is 30.5 Å². The second-order valence-electron chi connectivity index (χ2n) is 11.3. The molecule has 0 radical (unpaired) electrons. The van der Waals surface area contributed by atoms with Gasteiger partial charge >= 0.3 is 12.1 Å². The topological polar surface area (TPSA) is 145 Å². The van der Waals surface area contributed by atoms with E-state index >= 15 is 0 Å². The van der Waals surface area contributed by atoms with Crippen molar-refractivity contribution >= 4 is 29.8 Å². The number of rotatable bonds is 15. The number of benzene rings is 1. The fourth-order valence-electron chi connectivity index (χ4n) is 4.17. The van der Waals surface area contributed by atoms with Crippen LogP contribution in [0.4, 0.5) is 4.79 Å². The lowest BCUT2D eigenvalue weighted by Crippen LogP contribution is -2.58. The molecule has 3 atom stereocenters. The summed E-state index contributed by atoms with van der Waals surface area (Å²) >= 11 is 0. The molecule has 4 amide bonds. The van der Waals surface area contributed by atoms with Gasteiger partial charge in [0.25, 0.3) is 0 Å². The third kappa shape index (κ3) is 11.6. The van der Waals surface area contributed by atoms with Crippen molar-refractivity contribution in [2.24, 2.45) is 17.8 Å². The minimum Gasteiger partial charge on any atom is -0.480 e. The van der Waals surface area contributed by atoms with Gasteiger partial charge in [0.1, 0.15) is 31.3 Å². The van der Waals surface area contributed by atoms with Crippen molar-refractivity contribution in [3.8, 4) is 0 Å². The zero-order valence-electron chi connectivity index (χ0n) is 25.0. The SMILES string of the molecule is CC(C)C[C@H](NC(=O)OCc1ccccc1)C(=O)N(C)[C@@H](CC(C)C)C(=O)N[C@H](C(=O)N(C)CC(=O)O)C(C)C. The van der Waals surface area contributed by atoms with Crippen molar-refractivity contribution in [2.45, 2.75) is 79.1 Å². The molecule has 0 bridgehead atoms. The molecule has 0 spiro atoms. The molecule has 40 heavy (non-hydrogen) atoms. The summed E-state index contributed by atoms with van der Waals surface area (Å²) in [5, 5.41) is 14.5. The molecular weight excluding hydrogens is 516 g/mol. The van der Waals surface area contributed by atoms with Gasteiger partial charge < -0.3 is 30.3 Å². The van der Waals surface area contributed by atoms with Crippen molar-refractivity contribution < 1.29 is 33.8 Å². The predicted molar refractivity (Wildman–Crippen MR) is 151 cm³/mol. The molecule has 0 aliphatic carbocycles. The number of alkyl carbamates (subject to hydrolysis) is 1. The smallest absolute Gasteiger partial charge is 0.408 e. The van der Waals surface area contributed by atoms with Gasteiger partial charge in [-0.15, -0.1) is 0 Å². The van der Waals surface area contributed by atoms with Crippen LogP contribution in [0.3, 0.4) is 0 Å². The minimum atomic E-state index is -1.17. The molecule has 0 aliphatic rings. The van der Waals surface area contributed by atoms with Gasteiger partial charge in [-0.1, -0.05) is 71.9 Å². The van der Waals surface area contributed by atoms with E-state index in [-0.39, 0.29) is 24.4 Å². The Labute approximate surface area is 237 Å². The summed E-state index contributed by atoms with van der Waals surface area (Å²) < 4.78 is 5.31. The van der Waals surface area contributed by atoms with Crippen LogP contribution in [0.5, 0.6) is 0 Å². The standard InChI is InChI=1S/C29H46N4O7/c1-18(2)14-22(30-29(39)40-17-21-12-10-9-11-13-21)27(37)33(8)23(15-19(3)4)26(36)31-25(20(5)6)28(38)32(7)16-24(34)35/h9-13,18-20,22-23,25H,14-17H2,1-8H3,(H,30,39)(H,31,36)(H,34,35)/t22-,23-,25-/m0/s1. The van der Waals surface area contributed by atoms with Crippen molar-refractivity contribution in [1.82, 2.24) is 20.4 Å². The predicted octanol–water partition coefficient (Wildman–Crippen LogP) is 2.88. The van der Waals surface area contributed by atoms with Gasteiger partial charge in [0, 0.05) is 14.1 Å². The Hall–Kier alpha value is -3.63. The van der Waals surface area contributed by atoms with E-state index < -0.39 is 54.5 Å². The monoisotopic (exact) mass is 562 g/mol. The van der Waals surface area contributed by atoms with Crippen LogP contribution in [0.2, 0.25) is 0 Å². The third-order valence-corrected chi connectivity index (χ3v) is 6.30. The number of likely N-dealkylation sites (N-methyl/N-ethyl adjacent to an activating group) is 2. The fourth-order valence-corrected chi connectivity index (χ4v) is 4.17. The molecule has 0 aromatic heterocycles. The van der Waals surface area contributed by atoms with Gasteiger partial charge in [0.15, 0.2) is 0 Å². The number of carboxylic acid groups (broad SMARTS) is 1. The maximum Gasteiger partial charge on any atom is 0.408 e. The van der Waals surface area contributed by atoms with Gasteiger partial charge in [0.2, 0.25) is 17.7 Å². The van der Waals surface area contributed by atoms with Gasteiger partial charge in [-0.05, 0) is 36.2 Å². The summed E-state index contributed by atoms with van der Waals surface area (Å²) in [5.74, 6) is -2.94. The van der Waals surface area contributed by atoms with E-state index in [0.29, 0.717) is 12.8 Å². The van der Waals surface area contributed by atoms with Crippen LogP contribution in [0.1, 0.15) is 59.9 Å². The summed E-state index contributed by atoms with van der Waals surface area (Å²) in [6.45, 7) is 10.7. The highest BCUT2D eigenvalue weighted by Gasteiger charge is 2.36. The molecule has 0 unspecified atom stereocenters. The van der Waals surface area contributed by atoms with E-state index in [2.05, 4.69) is 10.6 Å².